The van der Waals surface area contributed by atoms with Crippen LogP contribution in [0, 0.1) is 16.0 Å². The molecule has 0 saturated carbocycles. The smallest absolute Gasteiger partial charge is 0.311 e. The maximum Gasteiger partial charge on any atom is 0.311 e. The maximum atomic E-state index is 12.4. The first-order valence-corrected chi connectivity index (χ1v) is 9.92. The molecule has 0 aliphatic carbocycles. The zero-order valence-electron chi connectivity index (χ0n) is 16.2. The number of carbonyl (C=O) groups excluding carboxylic acids is 4. The van der Waals surface area contributed by atoms with E-state index in [1.165, 1.54) is 36.4 Å². The fourth-order valence-electron chi connectivity index (χ4n) is 2.96. The van der Waals surface area contributed by atoms with Gasteiger partial charge in [-0.25, -0.2) is 0 Å². The summed E-state index contributed by atoms with van der Waals surface area (Å²) in [6, 6.07) is 9.25. The van der Waals surface area contributed by atoms with Crippen LogP contribution in [0.5, 0.6) is 0 Å². The molecule has 1 saturated heterocycles. The first kappa shape index (κ1) is 23.2. The summed E-state index contributed by atoms with van der Waals surface area (Å²) in [6.45, 7) is -0.795. The van der Waals surface area contributed by atoms with Crippen molar-refractivity contribution in [2.24, 2.45) is 5.92 Å². The topological polar surface area (TPSA) is 136 Å². The maximum absolute atomic E-state index is 12.4. The summed E-state index contributed by atoms with van der Waals surface area (Å²) in [4.78, 5) is 59.2. The number of non-ortho nitro benzene ring substituents is 1. The third kappa shape index (κ3) is 5.40. The first-order valence-electron chi connectivity index (χ1n) is 9.16. The second kappa shape index (κ2) is 9.75. The number of nitrogens with one attached hydrogen (secondary N) is 1. The van der Waals surface area contributed by atoms with Crippen LogP contribution in [-0.2, 0) is 14.3 Å². The summed E-state index contributed by atoms with van der Waals surface area (Å²) in [7, 11) is 0. The van der Waals surface area contributed by atoms with Gasteiger partial charge in [0, 0.05) is 29.1 Å². The lowest BCUT2D eigenvalue weighted by atomic mass is 10.1. The fourth-order valence-corrected chi connectivity index (χ4v) is 3.46. The predicted molar refractivity (Wildman–Crippen MR) is 112 cm³/mol. The number of ketones is 1. The van der Waals surface area contributed by atoms with Gasteiger partial charge in [-0.2, -0.15) is 0 Å². The Kier molecular flexibility index (Phi) is 7.06. The largest absolute Gasteiger partial charge is 0.457 e. The van der Waals surface area contributed by atoms with Crippen molar-refractivity contribution in [1.82, 2.24) is 10.4 Å². The van der Waals surface area contributed by atoms with Gasteiger partial charge in [0.25, 0.3) is 11.6 Å². The number of nitrogens with zero attached hydrogens (tertiary/aromatic N) is 2. The molecule has 0 spiro atoms. The van der Waals surface area contributed by atoms with Crippen molar-refractivity contribution in [3.63, 3.8) is 0 Å². The van der Waals surface area contributed by atoms with Gasteiger partial charge in [0.15, 0.2) is 6.61 Å². The van der Waals surface area contributed by atoms with Crippen LogP contribution in [0.1, 0.15) is 27.1 Å². The van der Waals surface area contributed by atoms with Gasteiger partial charge >= 0.3 is 5.97 Å². The van der Waals surface area contributed by atoms with Crippen molar-refractivity contribution in [2.45, 2.75) is 6.42 Å². The molecule has 12 heteroatoms. The van der Waals surface area contributed by atoms with Crippen molar-refractivity contribution in [3.05, 3.63) is 73.8 Å². The number of hydrogen-bond acceptors (Lipinski definition) is 7. The van der Waals surface area contributed by atoms with Gasteiger partial charge in [-0.3, -0.25) is 39.7 Å². The molecule has 0 unspecified atom stereocenters. The zero-order chi connectivity index (χ0) is 23.4. The van der Waals surface area contributed by atoms with E-state index in [-0.39, 0.29) is 34.8 Å². The molecular weight excluding hydrogens is 465 g/mol. The molecule has 0 aromatic heterocycles. The highest BCUT2D eigenvalue weighted by molar-refractivity contribution is 6.36. The molecule has 1 fully saturated rings. The van der Waals surface area contributed by atoms with Crippen LogP contribution in [0.15, 0.2) is 42.5 Å². The standard InChI is InChI=1S/C20H15Cl2N3O7/c21-13-4-5-15(16(22)8-13)19(28)23-24-9-12(7-18(24)27)20(29)32-10-17(26)11-2-1-3-14(6-11)25(30)31/h1-6,8,12H,7,9-10H2,(H,23,28)/t12-/m1/s1. The Bertz CT molecular complexity index is 1120. The third-order valence-electron chi connectivity index (χ3n) is 4.60. The minimum atomic E-state index is -0.901. The number of benzene rings is 2. The van der Waals surface area contributed by atoms with Crippen LogP contribution in [0.3, 0.4) is 0 Å². The van der Waals surface area contributed by atoms with E-state index >= 15 is 0 Å². The van der Waals surface area contributed by atoms with Crippen molar-refractivity contribution in [3.8, 4) is 0 Å². The highest BCUT2D eigenvalue weighted by Crippen LogP contribution is 2.22. The predicted octanol–water partition coefficient (Wildman–Crippen LogP) is 2.82. The van der Waals surface area contributed by atoms with Crippen LogP contribution in [0.2, 0.25) is 10.0 Å². The lowest BCUT2D eigenvalue weighted by molar-refractivity contribution is -0.384. The molecule has 0 radical (unpaired) electrons. The number of rotatable bonds is 7. The molecule has 10 nitrogen and oxygen atoms in total. The summed E-state index contributed by atoms with van der Waals surface area (Å²) >= 11 is 11.8. The molecule has 1 atom stereocenters. The van der Waals surface area contributed by atoms with E-state index in [1.54, 1.807) is 0 Å². The second-order valence-electron chi connectivity index (χ2n) is 6.81. The van der Waals surface area contributed by atoms with Crippen molar-refractivity contribution < 1.29 is 28.8 Å². The fraction of sp³-hybridized carbons (Fsp3) is 0.200. The van der Waals surface area contributed by atoms with Crippen LogP contribution in [0.4, 0.5) is 5.69 Å². The first-order chi connectivity index (χ1) is 15.2. The molecule has 2 amide bonds. The Balaban J connectivity index is 1.55. The normalized spacial score (nSPS) is 15.4. The minimum Gasteiger partial charge on any atom is -0.457 e. The number of ether oxygens (including phenoxy) is 1. The minimum absolute atomic E-state index is 0.0169. The van der Waals surface area contributed by atoms with Gasteiger partial charge in [0.2, 0.25) is 11.7 Å². The van der Waals surface area contributed by atoms with Gasteiger partial charge < -0.3 is 4.74 Å². The Morgan fingerprint density at radius 1 is 1.19 bits per heavy atom. The van der Waals surface area contributed by atoms with Crippen molar-refractivity contribution in [1.29, 1.82) is 0 Å². The van der Waals surface area contributed by atoms with E-state index in [2.05, 4.69) is 5.43 Å². The molecule has 3 rings (SSSR count). The Morgan fingerprint density at radius 2 is 1.94 bits per heavy atom. The van der Waals surface area contributed by atoms with E-state index < -0.39 is 41.0 Å². The molecule has 32 heavy (non-hydrogen) atoms. The number of nitro groups is 1. The van der Waals surface area contributed by atoms with Crippen molar-refractivity contribution >= 4 is 52.5 Å². The van der Waals surface area contributed by atoms with Gasteiger partial charge in [0.05, 0.1) is 28.0 Å². The number of esters is 1. The number of hydrogen-bond donors (Lipinski definition) is 1. The molecule has 1 aliphatic heterocycles. The third-order valence-corrected chi connectivity index (χ3v) is 5.14. The second-order valence-corrected chi connectivity index (χ2v) is 7.65. The number of halogens is 2. The number of amides is 2. The van der Waals surface area contributed by atoms with E-state index in [4.69, 9.17) is 27.9 Å². The zero-order valence-corrected chi connectivity index (χ0v) is 17.8. The number of carbonyl (C=O) groups is 4. The molecule has 1 heterocycles. The van der Waals surface area contributed by atoms with E-state index in [0.717, 1.165) is 11.1 Å². The van der Waals surface area contributed by atoms with Gasteiger partial charge in [0.1, 0.15) is 0 Å². The number of nitro benzene ring substituents is 1. The monoisotopic (exact) mass is 479 g/mol. The summed E-state index contributed by atoms with van der Waals surface area (Å²) in [5.74, 6) is -3.51. The molecule has 2 aromatic rings. The lowest BCUT2D eigenvalue weighted by Gasteiger charge is -2.18. The van der Waals surface area contributed by atoms with Crippen LogP contribution < -0.4 is 5.43 Å². The van der Waals surface area contributed by atoms with E-state index in [1.807, 2.05) is 0 Å². The molecule has 166 valence electrons. The molecule has 1 aliphatic rings. The van der Waals surface area contributed by atoms with Crippen LogP contribution in [-0.4, -0.2) is 46.7 Å². The molecule has 1 N–H and O–H groups in total. The molecule has 0 bridgehead atoms. The summed E-state index contributed by atoms with van der Waals surface area (Å²) < 4.78 is 4.98. The van der Waals surface area contributed by atoms with Crippen molar-refractivity contribution in [2.75, 3.05) is 13.2 Å². The van der Waals surface area contributed by atoms with E-state index in [0.29, 0.717) is 5.02 Å². The SMILES string of the molecule is O=C(COC(=O)[C@@H]1CC(=O)N(NC(=O)c2ccc(Cl)cc2Cl)C1)c1cccc([N+](=O)[O-])c1. The van der Waals surface area contributed by atoms with Gasteiger partial charge in [-0.1, -0.05) is 35.3 Å². The lowest BCUT2D eigenvalue weighted by Crippen LogP contribution is -2.43. The summed E-state index contributed by atoms with van der Waals surface area (Å²) in [6.07, 6.45) is -0.224. The highest BCUT2D eigenvalue weighted by atomic mass is 35.5. The average Bonchev–Trinajstić information content (AvgIpc) is 3.12. The van der Waals surface area contributed by atoms with Gasteiger partial charge in [-0.15, -0.1) is 0 Å². The Labute approximate surface area is 191 Å². The Morgan fingerprint density at radius 3 is 2.62 bits per heavy atom. The average molecular weight is 480 g/mol. The van der Waals surface area contributed by atoms with Gasteiger partial charge in [-0.05, 0) is 18.2 Å². The number of hydrazine groups is 1. The molecule has 2 aromatic carbocycles. The van der Waals surface area contributed by atoms with E-state index in [9.17, 15) is 29.3 Å². The highest BCUT2D eigenvalue weighted by Gasteiger charge is 2.37. The quantitative estimate of drug-likeness (QED) is 0.279. The summed E-state index contributed by atoms with van der Waals surface area (Å²) in [5.41, 5.74) is 2.22. The summed E-state index contributed by atoms with van der Waals surface area (Å²) in [5, 5.41) is 12.2. The molecular formula is C20H15Cl2N3O7. The van der Waals surface area contributed by atoms with Crippen LogP contribution >= 0.6 is 23.2 Å². The number of Topliss-reactive ketones (excluding diaryl/α,β-unsaturated/α-hetero) is 1. The Hall–Kier alpha value is -3.50. The van der Waals surface area contributed by atoms with Crippen LogP contribution in [0.25, 0.3) is 0 Å².